The summed E-state index contributed by atoms with van der Waals surface area (Å²) in [5.41, 5.74) is 1.01. The fraction of sp³-hybridized carbons (Fsp3) is 0.625. The van der Waals surface area contributed by atoms with Crippen LogP contribution >= 0.6 is 23.2 Å². The monoisotopic (exact) mass is 302 g/mol. The van der Waals surface area contributed by atoms with Crippen LogP contribution in [0.2, 0.25) is 5.02 Å². The molecule has 19 heavy (non-hydrogen) atoms. The summed E-state index contributed by atoms with van der Waals surface area (Å²) in [5.74, 6) is 0.775. The Balaban J connectivity index is 2.34. The fourth-order valence-corrected chi connectivity index (χ4v) is 2.85. The first-order chi connectivity index (χ1) is 9.19. The van der Waals surface area contributed by atoms with Crippen LogP contribution in [0.15, 0.2) is 18.2 Å². The minimum Gasteiger partial charge on any atom is -0.497 e. The standard InChI is InChI=1S/C16H24Cl2O/c1-3-4-5-6-7-8-9-15(17)14-11-10-13(19-2)12-16(14)18/h10-12,15H,3-9H2,1-2H3. The number of hydrogen-bond donors (Lipinski definition) is 0. The number of unbranched alkanes of at least 4 members (excludes halogenated alkanes) is 5. The molecule has 0 aliphatic carbocycles. The van der Waals surface area contributed by atoms with E-state index in [2.05, 4.69) is 6.92 Å². The highest BCUT2D eigenvalue weighted by Gasteiger charge is 2.12. The van der Waals surface area contributed by atoms with Crippen molar-refractivity contribution >= 4 is 23.2 Å². The first-order valence-corrected chi connectivity index (χ1v) is 7.98. The van der Waals surface area contributed by atoms with Gasteiger partial charge in [-0.3, -0.25) is 0 Å². The molecule has 1 unspecified atom stereocenters. The normalized spacial score (nSPS) is 12.4. The topological polar surface area (TPSA) is 9.23 Å². The van der Waals surface area contributed by atoms with Crippen LogP contribution in [0.3, 0.4) is 0 Å². The average Bonchev–Trinajstić information content (AvgIpc) is 2.42. The van der Waals surface area contributed by atoms with Crippen LogP contribution in [0.4, 0.5) is 0 Å². The average molecular weight is 303 g/mol. The minimum absolute atomic E-state index is 0.00424. The predicted octanol–water partition coefficient (Wildman–Crippen LogP) is 6.38. The van der Waals surface area contributed by atoms with Gasteiger partial charge in [0.1, 0.15) is 5.75 Å². The van der Waals surface area contributed by atoms with Crippen molar-refractivity contribution in [3.63, 3.8) is 0 Å². The number of rotatable bonds is 9. The van der Waals surface area contributed by atoms with Gasteiger partial charge >= 0.3 is 0 Å². The molecule has 0 radical (unpaired) electrons. The van der Waals surface area contributed by atoms with E-state index >= 15 is 0 Å². The van der Waals surface area contributed by atoms with Crippen molar-refractivity contribution in [2.24, 2.45) is 0 Å². The summed E-state index contributed by atoms with van der Waals surface area (Å²) >= 11 is 12.6. The molecule has 0 fully saturated rings. The van der Waals surface area contributed by atoms with Gasteiger partial charge in [-0.1, -0.05) is 63.1 Å². The lowest BCUT2D eigenvalue weighted by molar-refractivity contribution is 0.414. The molecular formula is C16H24Cl2O. The first kappa shape index (κ1) is 16.7. The van der Waals surface area contributed by atoms with Crippen molar-refractivity contribution in [2.75, 3.05) is 7.11 Å². The fourth-order valence-electron chi connectivity index (χ4n) is 2.15. The highest BCUT2D eigenvalue weighted by atomic mass is 35.5. The van der Waals surface area contributed by atoms with E-state index in [9.17, 15) is 0 Å². The van der Waals surface area contributed by atoms with E-state index in [0.717, 1.165) is 17.7 Å². The number of methoxy groups -OCH3 is 1. The molecule has 0 aliphatic heterocycles. The zero-order valence-corrected chi connectivity index (χ0v) is 13.4. The van der Waals surface area contributed by atoms with E-state index < -0.39 is 0 Å². The Bertz CT molecular complexity index is 366. The molecule has 0 heterocycles. The van der Waals surface area contributed by atoms with Crippen molar-refractivity contribution < 1.29 is 4.74 Å². The number of alkyl halides is 1. The number of ether oxygens (including phenoxy) is 1. The van der Waals surface area contributed by atoms with Crippen molar-refractivity contribution in [1.82, 2.24) is 0 Å². The molecule has 0 aliphatic rings. The molecule has 108 valence electrons. The molecule has 1 aromatic rings. The Kier molecular flexibility index (Phi) is 8.32. The third kappa shape index (κ3) is 6.05. The van der Waals surface area contributed by atoms with Crippen LogP contribution in [0.5, 0.6) is 5.75 Å². The molecule has 0 amide bonds. The number of halogens is 2. The molecule has 1 rings (SSSR count). The summed E-state index contributed by atoms with van der Waals surface area (Å²) in [6, 6.07) is 5.71. The first-order valence-electron chi connectivity index (χ1n) is 7.16. The molecule has 0 saturated carbocycles. The lowest BCUT2D eigenvalue weighted by atomic mass is 10.0. The molecule has 0 N–H and O–H groups in total. The van der Waals surface area contributed by atoms with E-state index in [1.165, 1.54) is 38.5 Å². The SMILES string of the molecule is CCCCCCCCC(Cl)c1ccc(OC)cc1Cl. The van der Waals surface area contributed by atoms with Gasteiger partial charge in [0.05, 0.1) is 12.5 Å². The summed E-state index contributed by atoms with van der Waals surface area (Å²) < 4.78 is 5.14. The number of benzene rings is 1. The smallest absolute Gasteiger partial charge is 0.120 e. The van der Waals surface area contributed by atoms with Gasteiger partial charge in [-0.05, 0) is 24.1 Å². The van der Waals surface area contributed by atoms with E-state index in [4.69, 9.17) is 27.9 Å². The Morgan fingerprint density at radius 1 is 1.11 bits per heavy atom. The van der Waals surface area contributed by atoms with Crippen LogP contribution in [0.1, 0.15) is 62.8 Å². The van der Waals surface area contributed by atoms with Gasteiger partial charge in [0, 0.05) is 5.02 Å². The van der Waals surface area contributed by atoms with Gasteiger partial charge in [0.2, 0.25) is 0 Å². The number of hydrogen-bond acceptors (Lipinski definition) is 1. The van der Waals surface area contributed by atoms with Gasteiger partial charge < -0.3 is 4.74 Å². The van der Waals surface area contributed by atoms with Crippen molar-refractivity contribution in [3.05, 3.63) is 28.8 Å². The zero-order valence-electron chi connectivity index (χ0n) is 11.9. The zero-order chi connectivity index (χ0) is 14.1. The van der Waals surface area contributed by atoms with E-state index in [1.807, 2.05) is 18.2 Å². The summed E-state index contributed by atoms with van der Waals surface area (Å²) in [6.45, 7) is 2.24. The summed E-state index contributed by atoms with van der Waals surface area (Å²) in [7, 11) is 1.64. The molecule has 0 aromatic heterocycles. The largest absolute Gasteiger partial charge is 0.497 e. The lowest BCUT2D eigenvalue weighted by Gasteiger charge is -2.12. The second-order valence-electron chi connectivity index (χ2n) is 4.91. The molecule has 3 heteroatoms. The molecule has 1 aromatic carbocycles. The van der Waals surface area contributed by atoms with Crippen LogP contribution in [-0.2, 0) is 0 Å². The predicted molar refractivity (Wildman–Crippen MR) is 84.6 cm³/mol. The second kappa shape index (κ2) is 9.50. The lowest BCUT2D eigenvalue weighted by Crippen LogP contribution is -1.93. The highest BCUT2D eigenvalue weighted by molar-refractivity contribution is 6.32. The highest BCUT2D eigenvalue weighted by Crippen LogP contribution is 2.34. The summed E-state index contributed by atoms with van der Waals surface area (Å²) in [5, 5.41) is 0.704. The molecule has 1 nitrogen and oxygen atoms in total. The summed E-state index contributed by atoms with van der Waals surface area (Å²) in [4.78, 5) is 0. The van der Waals surface area contributed by atoms with Crippen LogP contribution in [0.25, 0.3) is 0 Å². The molecule has 0 saturated heterocycles. The maximum absolute atomic E-state index is 6.42. The van der Waals surface area contributed by atoms with E-state index in [0.29, 0.717) is 5.02 Å². The Morgan fingerprint density at radius 2 is 1.79 bits per heavy atom. The molecule has 0 spiro atoms. The van der Waals surface area contributed by atoms with Gasteiger partial charge in [0.25, 0.3) is 0 Å². The van der Waals surface area contributed by atoms with E-state index in [1.54, 1.807) is 7.11 Å². The van der Waals surface area contributed by atoms with Gasteiger partial charge in [-0.15, -0.1) is 11.6 Å². The Morgan fingerprint density at radius 3 is 2.42 bits per heavy atom. The summed E-state index contributed by atoms with van der Waals surface area (Å²) in [6.07, 6.45) is 8.70. The third-order valence-electron chi connectivity index (χ3n) is 3.36. The van der Waals surface area contributed by atoms with Crippen LogP contribution < -0.4 is 4.74 Å². The maximum Gasteiger partial charge on any atom is 0.120 e. The Hall–Kier alpha value is -0.400. The molecule has 1 atom stereocenters. The third-order valence-corrected chi connectivity index (χ3v) is 4.14. The second-order valence-corrected chi connectivity index (χ2v) is 5.85. The minimum atomic E-state index is 0.00424. The van der Waals surface area contributed by atoms with Crippen LogP contribution in [0, 0.1) is 0 Å². The quantitative estimate of drug-likeness (QED) is 0.380. The maximum atomic E-state index is 6.42. The van der Waals surface area contributed by atoms with Crippen molar-refractivity contribution in [1.29, 1.82) is 0 Å². The van der Waals surface area contributed by atoms with E-state index in [-0.39, 0.29) is 5.38 Å². The Labute approximate surface area is 127 Å². The van der Waals surface area contributed by atoms with Crippen molar-refractivity contribution in [3.8, 4) is 5.75 Å². The van der Waals surface area contributed by atoms with Gasteiger partial charge in [-0.2, -0.15) is 0 Å². The molecular weight excluding hydrogens is 279 g/mol. The molecule has 0 bridgehead atoms. The van der Waals surface area contributed by atoms with Crippen LogP contribution in [-0.4, -0.2) is 7.11 Å². The van der Waals surface area contributed by atoms with Crippen molar-refractivity contribution in [2.45, 2.75) is 57.2 Å². The van der Waals surface area contributed by atoms with Gasteiger partial charge in [-0.25, -0.2) is 0 Å². The van der Waals surface area contributed by atoms with Gasteiger partial charge in [0.15, 0.2) is 0 Å².